The van der Waals surface area contributed by atoms with Crippen LogP contribution < -0.4 is 4.74 Å². The van der Waals surface area contributed by atoms with Crippen molar-refractivity contribution in [2.45, 2.75) is 0 Å². The lowest BCUT2D eigenvalue weighted by atomic mass is 10.3. The van der Waals surface area contributed by atoms with Crippen molar-refractivity contribution in [2.24, 2.45) is 0 Å². The summed E-state index contributed by atoms with van der Waals surface area (Å²) in [6.45, 7) is 0. The van der Waals surface area contributed by atoms with Crippen molar-refractivity contribution in [2.75, 3.05) is 7.11 Å². The van der Waals surface area contributed by atoms with Gasteiger partial charge in [0.15, 0.2) is 17.3 Å². The minimum absolute atomic E-state index is 0.0379. The van der Waals surface area contributed by atoms with Crippen LogP contribution in [0.15, 0.2) is 30.6 Å². The number of aromatic nitrogens is 2. The third kappa shape index (κ3) is 2.97. The Labute approximate surface area is 113 Å². The van der Waals surface area contributed by atoms with E-state index in [1.807, 2.05) is 0 Å². The molecule has 0 amide bonds. The van der Waals surface area contributed by atoms with Gasteiger partial charge >= 0.3 is 5.97 Å². The van der Waals surface area contributed by atoms with Gasteiger partial charge in [0.25, 0.3) is 0 Å². The third-order valence-corrected chi connectivity index (χ3v) is 2.43. The van der Waals surface area contributed by atoms with E-state index in [2.05, 4.69) is 14.7 Å². The molecule has 5 nitrogen and oxygen atoms in total. The zero-order valence-corrected chi connectivity index (χ0v) is 10.5. The Morgan fingerprint density at radius 1 is 1.37 bits per heavy atom. The number of esters is 1. The lowest BCUT2D eigenvalue weighted by Gasteiger charge is -2.06. The van der Waals surface area contributed by atoms with Crippen LogP contribution in [0, 0.1) is 5.82 Å². The van der Waals surface area contributed by atoms with E-state index in [9.17, 15) is 9.18 Å². The molecule has 1 aromatic heterocycles. The maximum atomic E-state index is 13.6. The first kappa shape index (κ1) is 13.2. The summed E-state index contributed by atoms with van der Waals surface area (Å²) < 4.78 is 23.3. The minimum Gasteiger partial charge on any atom is -0.464 e. The van der Waals surface area contributed by atoms with Gasteiger partial charge in [-0.2, -0.15) is 0 Å². The van der Waals surface area contributed by atoms with Gasteiger partial charge in [-0.25, -0.2) is 14.2 Å². The van der Waals surface area contributed by atoms with E-state index < -0.39 is 11.8 Å². The fraction of sp³-hybridized carbons (Fsp3) is 0.0833. The summed E-state index contributed by atoms with van der Waals surface area (Å²) in [6.07, 6.45) is 2.46. The quantitative estimate of drug-likeness (QED) is 0.810. The van der Waals surface area contributed by atoms with Gasteiger partial charge in [-0.05, 0) is 12.1 Å². The molecule has 1 aromatic carbocycles. The monoisotopic (exact) mass is 282 g/mol. The van der Waals surface area contributed by atoms with Gasteiger partial charge in [0.2, 0.25) is 5.88 Å². The van der Waals surface area contributed by atoms with E-state index in [0.29, 0.717) is 0 Å². The molecular formula is C12H8ClFN2O3. The zero-order valence-electron chi connectivity index (χ0n) is 9.76. The second-order valence-electron chi connectivity index (χ2n) is 3.39. The number of carbonyl (C=O) groups is 1. The molecule has 2 aromatic rings. The Kier molecular flexibility index (Phi) is 3.91. The molecule has 0 radical (unpaired) electrons. The van der Waals surface area contributed by atoms with Crippen LogP contribution >= 0.6 is 11.6 Å². The van der Waals surface area contributed by atoms with E-state index in [-0.39, 0.29) is 22.3 Å². The molecule has 0 N–H and O–H groups in total. The van der Waals surface area contributed by atoms with Gasteiger partial charge in [0, 0.05) is 0 Å². The van der Waals surface area contributed by atoms with E-state index >= 15 is 0 Å². The highest BCUT2D eigenvalue weighted by Crippen LogP contribution is 2.27. The lowest BCUT2D eigenvalue weighted by Crippen LogP contribution is -2.05. The summed E-state index contributed by atoms with van der Waals surface area (Å²) in [5, 5.41) is -0.0745. The van der Waals surface area contributed by atoms with Crippen molar-refractivity contribution in [3.63, 3.8) is 0 Å². The van der Waals surface area contributed by atoms with Gasteiger partial charge in [-0.3, -0.25) is 4.98 Å². The molecule has 0 bridgehead atoms. The molecule has 2 rings (SSSR count). The molecule has 1 heterocycles. The summed E-state index contributed by atoms with van der Waals surface area (Å²) in [7, 11) is 1.22. The van der Waals surface area contributed by atoms with Crippen LogP contribution in [0.25, 0.3) is 0 Å². The van der Waals surface area contributed by atoms with Gasteiger partial charge in [0.05, 0.1) is 24.5 Å². The summed E-state index contributed by atoms with van der Waals surface area (Å²) in [4.78, 5) is 18.9. The number of hydrogen-bond donors (Lipinski definition) is 0. The van der Waals surface area contributed by atoms with E-state index in [1.54, 1.807) is 0 Å². The molecule has 0 fully saturated rings. The van der Waals surface area contributed by atoms with Crippen molar-refractivity contribution in [3.8, 4) is 11.6 Å². The van der Waals surface area contributed by atoms with Crippen LogP contribution in [-0.4, -0.2) is 23.0 Å². The molecule has 0 aliphatic carbocycles. The van der Waals surface area contributed by atoms with Crippen molar-refractivity contribution in [3.05, 3.63) is 47.1 Å². The van der Waals surface area contributed by atoms with Crippen LogP contribution in [0.3, 0.4) is 0 Å². The summed E-state index contributed by atoms with van der Waals surface area (Å²) >= 11 is 5.62. The number of hydrogen-bond acceptors (Lipinski definition) is 5. The van der Waals surface area contributed by atoms with Crippen LogP contribution in [0.4, 0.5) is 4.39 Å². The van der Waals surface area contributed by atoms with E-state index in [1.165, 1.54) is 37.7 Å². The first-order valence-electron chi connectivity index (χ1n) is 5.14. The Balaban J connectivity index is 2.28. The number of halogens is 2. The normalized spacial score (nSPS) is 10.1. The lowest BCUT2D eigenvalue weighted by molar-refractivity contribution is 0.0592. The van der Waals surface area contributed by atoms with Crippen molar-refractivity contribution in [1.29, 1.82) is 0 Å². The second kappa shape index (κ2) is 5.62. The molecule has 0 aliphatic heterocycles. The first-order valence-corrected chi connectivity index (χ1v) is 5.52. The number of benzene rings is 1. The Morgan fingerprint density at radius 2 is 2.16 bits per heavy atom. The SMILES string of the molecule is COC(=O)c1cncc(Oc2cccc(Cl)c2F)n1. The zero-order chi connectivity index (χ0) is 13.8. The molecule has 0 aliphatic rings. The average Bonchev–Trinajstić information content (AvgIpc) is 2.43. The summed E-state index contributed by atoms with van der Waals surface area (Å²) in [5.41, 5.74) is -0.0394. The van der Waals surface area contributed by atoms with Crippen LogP contribution in [0.1, 0.15) is 10.5 Å². The van der Waals surface area contributed by atoms with Gasteiger partial charge in [0.1, 0.15) is 0 Å². The summed E-state index contributed by atoms with van der Waals surface area (Å²) in [5.74, 6) is -1.52. The molecule has 98 valence electrons. The molecule has 0 spiro atoms. The number of ether oxygens (including phenoxy) is 2. The minimum atomic E-state index is -0.713. The number of nitrogens with zero attached hydrogens (tertiary/aromatic N) is 2. The third-order valence-electron chi connectivity index (χ3n) is 2.14. The van der Waals surface area contributed by atoms with Gasteiger partial charge in [-0.15, -0.1) is 0 Å². The predicted molar refractivity (Wildman–Crippen MR) is 64.9 cm³/mol. The second-order valence-corrected chi connectivity index (χ2v) is 3.80. The highest BCUT2D eigenvalue weighted by molar-refractivity contribution is 6.30. The van der Waals surface area contributed by atoms with Crippen molar-refractivity contribution >= 4 is 17.6 Å². The molecular weight excluding hydrogens is 275 g/mol. The Hall–Kier alpha value is -2.21. The maximum Gasteiger partial charge on any atom is 0.358 e. The topological polar surface area (TPSA) is 61.3 Å². The molecule has 19 heavy (non-hydrogen) atoms. The molecule has 0 saturated carbocycles. The number of carbonyl (C=O) groups excluding carboxylic acids is 1. The van der Waals surface area contributed by atoms with Gasteiger partial charge in [-0.1, -0.05) is 17.7 Å². The van der Waals surface area contributed by atoms with E-state index in [4.69, 9.17) is 16.3 Å². The molecule has 0 atom stereocenters. The molecule has 0 saturated heterocycles. The molecule has 7 heteroatoms. The van der Waals surface area contributed by atoms with Crippen molar-refractivity contribution in [1.82, 2.24) is 9.97 Å². The Morgan fingerprint density at radius 3 is 2.89 bits per heavy atom. The highest BCUT2D eigenvalue weighted by Gasteiger charge is 2.12. The summed E-state index contributed by atoms with van der Waals surface area (Å²) in [6, 6.07) is 4.30. The van der Waals surface area contributed by atoms with Crippen molar-refractivity contribution < 1.29 is 18.7 Å². The smallest absolute Gasteiger partial charge is 0.358 e. The van der Waals surface area contributed by atoms with Crippen LogP contribution in [0.5, 0.6) is 11.6 Å². The fourth-order valence-corrected chi connectivity index (χ4v) is 1.44. The van der Waals surface area contributed by atoms with Crippen LogP contribution in [0.2, 0.25) is 5.02 Å². The van der Waals surface area contributed by atoms with E-state index in [0.717, 1.165) is 0 Å². The highest BCUT2D eigenvalue weighted by atomic mass is 35.5. The fourth-order valence-electron chi connectivity index (χ4n) is 1.28. The Bertz CT molecular complexity index is 622. The predicted octanol–water partition coefficient (Wildman–Crippen LogP) is 2.85. The van der Waals surface area contributed by atoms with Gasteiger partial charge < -0.3 is 9.47 Å². The van der Waals surface area contributed by atoms with Crippen LogP contribution in [-0.2, 0) is 4.74 Å². The maximum absolute atomic E-state index is 13.6. The first-order chi connectivity index (χ1) is 9.11. The average molecular weight is 283 g/mol. The number of rotatable bonds is 3. The standard InChI is InChI=1S/C12H8ClFN2O3/c1-18-12(17)8-5-15-6-10(16-8)19-9-4-2-3-7(13)11(9)14/h2-6H,1H3. The largest absolute Gasteiger partial charge is 0.464 e. The number of methoxy groups -OCH3 is 1. The molecule has 0 unspecified atom stereocenters.